The van der Waals surface area contributed by atoms with Crippen molar-refractivity contribution >= 4 is 17.0 Å². The van der Waals surface area contributed by atoms with Crippen molar-refractivity contribution < 1.29 is 17.9 Å². The summed E-state index contributed by atoms with van der Waals surface area (Å²) in [5.74, 6) is 0.556. The number of aryl methyl sites for hydroxylation is 1. The molecule has 13 heteroatoms. The van der Waals surface area contributed by atoms with Gasteiger partial charge in [0.05, 0.1) is 41.1 Å². The molecular weight excluding hydrogens is 477 g/mol. The molecule has 1 aliphatic heterocycles. The van der Waals surface area contributed by atoms with E-state index in [9.17, 15) is 18.0 Å². The molecule has 4 heterocycles. The minimum Gasteiger partial charge on any atom is -0.379 e. The number of hydrogen-bond acceptors (Lipinski definition) is 8. The first-order chi connectivity index (χ1) is 17.3. The van der Waals surface area contributed by atoms with E-state index < -0.39 is 17.3 Å². The number of imidazole rings is 1. The molecule has 0 atom stereocenters. The fraction of sp³-hybridized carbons (Fsp3) is 0.348. The van der Waals surface area contributed by atoms with E-state index in [0.717, 1.165) is 45.0 Å². The summed E-state index contributed by atoms with van der Waals surface area (Å²) in [6.45, 7) is 6.49. The molecular formula is C23H23F3N8O2. The Balaban J connectivity index is 1.40. The molecule has 0 saturated carbocycles. The van der Waals surface area contributed by atoms with Crippen LogP contribution in [0.1, 0.15) is 11.3 Å². The highest BCUT2D eigenvalue weighted by Crippen LogP contribution is 2.31. The summed E-state index contributed by atoms with van der Waals surface area (Å²) in [4.78, 5) is 30.8. The van der Waals surface area contributed by atoms with Crippen LogP contribution in [0.2, 0.25) is 0 Å². The zero-order valence-electron chi connectivity index (χ0n) is 19.3. The molecule has 0 aliphatic carbocycles. The van der Waals surface area contributed by atoms with Crippen molar-refractivity contribution in [2.75, 3.05) is 44.7 Å². The van der Waals surface area contributed by atoms with Crippen LogP contribution in [0.4, 0.5) is 19.1 Å². The molecule has 0 unspecified atom stereocenters. The number of aromatic nitrogens is 6. The number of nitrogens with one attached hydrogen (secondary N) is 3. The lowest BCUT2D eigenvalue weighted by Gasteiger charge is -2.26. The second kappa shape index (κ2) is 9.66. The lowest BCUT2D eigenvalue weighted by Crippen LogP contribution is -2.39. The number of rotatable bonds is 6. The molecule has 0 spiro atoms. The second-order valence-electron chi connectivity index (χ2n) is 8.41. The number of hydrogen-bond donors (Lipinski definition) is 3. The van der Waals surface area contributed by atoms with Crippen LogP contribution in [0.5, 0.6) is 0 Å². The molecule has 0 amide bonds. The Labute approximate surface area is 202 Å². The number of benzene rings is 1. The zero-order chi connectivity index (χ0) is 25.3. The molecule has 1 aliphatic rings. The molecule has 3 N–H and O–H groups in total. The molecule has 4 aromatic rings. The van der Waals surface area contributed by atoms with Gasteiger partial charge in [-0.15, -0.1) is 0 Å². The summed E-state index contributed by atoms with van der Waals surface area (Å²) in [6.07, 6.45) is -4.49. The van der Waals surface area contributed by atoms with Gasteiger partial charge in [0, 0.05) is 31.9 Å². The Morgan fingerprint density at radius 3 is 2.67 bits per heavy atom. The van der Waals surface area contributed by atoms with Gasteiger partial charge in [-0.25, -0.2) is 20.1 Å². The fourth-order valence-corrected chi connectivity index (χ4v) is 3.96. The van der Waals surface area contributed by atoms with E-state index in [1.165, 1.54) is 12.1 Å². The zero-order valence-corrected chi connectivity index (χ0v) is 19.3. The third-order valence-corrected chi connectivity index (χ3v) is 5.80. The van der Waals surface area contributed by atoms with Crippen molar-refractivity contribution in [3.63, 3.8) is 0 Å². The Morgan fingerprint density at radius 1 is 1.08 bits per heavy atom. The average Bonchev–Trinajstić information content (AvgIpc) is 3.27. The van der Waals surface area contributed by atoms with Crippen LogP contribution in [0.3, 0.4) is 0 Å². The highest BCUT2D eigenvalue weighted by Gasteiger charge is 2.30. The number of anilines is 1. The third-order valence-electron chi connectivity index (χ3n) is 5.80. The van der Waals surface area contributed by atoms with Gasteiger partial charge in [0.2, 0.25) is 5.95 Å². The molecule has 1 fully saturated rings. The van der Waals surface area contributed by atoms with E-state index in [2.05, 4.69) is 40.3 Å². The van der Waals surface area contributed by atoms with Crippen LogP contribution < -0.4 is 10.9 Å². The van der Waals surface area contributed by atoms with E-state index in [1.54, 1.807) is 6.07 Å². The number of ether oxygens (including phenoxy) is 1. The summed E-state index contributed by atoms with van der Waals surface area (Å²) in [5, 5.41) is 9.75. The maximum Gasteiger partial charge on any atom is 0.416 e. The van der Waals surface area contributed by atoms with Gasteiger partial charge in [-0.2, -0.15) is 18.3 Å². The minimum atomic E-state index is -4.49. The molecule has 5 rings (SSSR count). The minimum absolute atomic E-state index is 0.128. The predicted molar refractivity (Wildman–Crippen MR) is 126 cm³/mol. The van der Waals surface area contributed by atoms with Gasteiger partial charge >= 0.3 is 6.18 Å². The third kappa shape index (κ3) is 5.21. The highest BCUT2D eigenvalue weighted by molar-refractivity contribution is 5.80. The highest BCUT2D eigenvalue weighted by atomic mass is 19.4. The quantitative estimate of drug-likeness (QED) is 0.369. The normalized spacial score (nSPS) is 14.9. The number of nitrogens with zero attached hydrogens (tertiary/aromatic N) is 5. The number of fused-ring (bicyclic) bond motifs is 1. The van der Waals surface area contributed by atoms with Gasteiger partial charge in [0.25, 0.3) is 5.56 Å². The standard InChI is InChI=1S/C23H23F3N8O2/c1-13-10-17(31-22(28-13)27-4-5-34-6-8-36-9-7-34)19-12-15(21(35)33-32-19)20-29-16-3-2-14(23(24,25)26)11-18(16)30-20/h2-3,10-12H,4-9H2,1H3,(H,29,30)(H,33,35)(H,27,28,31). The van der Waals surface area contributed by atoms with E-state index in [0.29, 0.717) is 35.1 Å². The topological polar surface area (TPSA) is 125 Å². The molecule has 36 heavy (non-hydrogen) atoms. The van der Waals surface area contributed by atoms with Crippen molar-refractivity contribution in [2.24, 2.45) is 0 Å². The Morgan fingerprint density at radius 2 is 1.89 bits per heavy atom. The Kier molecular flexibility index (Phi) is 6.41. The van der Waals surface area contributed by atoms with Gasteiger partial charge in [-0.3, -0.25) is 9.69 Å². The fourth-order valence-electron chi connectivity index (χ4n) is 3.96. The number of aromatic amines is 2. The molecule has 1 saturated heterocycles. The smallest absolute Gasteiger partial charge is 0.379 e. The lowest BCUT2D eigenvalue weighted by atomic mass is 10.2. The van der Waals surface area contributed by atoms with Crippen LogP contribution in [0.25, 0.3) is 33.8 Å². The SMILES string of the molecule is Cc1cc(-c2cc(-c3nc4ccc(C(F)(F)F)cc4[nH]3)c(=O)[nH]n2)nc(NCCN2CCOCC2)n1. The first-order valence-electron chi connectivity index (χ1n) is 11.3. The van der Waals surface area contributed by atoms with E-state index in [-0.39, 0.29) is 16.9 Å². The second-order valence-corrected chi connectivity index (χ2v) is 8.41. The number of halogens is 3. The summed E-state index contributed by atoms with van der Waals surface area (Å²) in [5.41, 5.74) is 0.799. The maximum atomic E-state index is 13.1. The largest absolute Gasteiger partial charge is 0.416 e. The van der Waals surface area contributed by atoms with Crippen LogP contribution in [-0.4, -0.2) is 74.4 Å². The van der Waals surface area contributed by atoms with Crippen LogP contribution in [-0.2, 0) is 10.9 Å². The monoisotopic (exact) mass is 500 g/mol. The molecule has 3 aromatic heterocycles. The molecule has 188 valence electrons. The molecule has 0 radical (unpaired) electrons. The summed E-state index contributed by atoms with van der Waals surface area (Å²) in [6, 6.07) is 6.40. The molecule has 1 aromatic carbocycles. The summed E-state index contributed by atoms with van der Waals surface area (Å²) in [7, 11) is 0. The van der Waals surface area contributed by atoms with Gasteiger partial charge < -0.3 is 15.0 Å². The lowest BCUT2D eigenvalue weighted by molar-refractivity contribution is -0.137. The Bertz CT molecular complexity index is 1440. The van der Waals surface area contributed by atoms with Gasteiger partial charge in [-0.05, 0) is 37.3 Å². The summed E-state index contributed by atoms with van der Waals surface area (Å²) >= 11 is 0. The van der Waals surface area contributed by atoms with E-state index >= 15 is 0 Å². The molecule has 10 nitrogen and oxygen atoms in total. The molecule has 0 bridgehead atoms. The number of morpholine rings is 1. The first kappa shape index (κ1) is 23.9. The van der Waals surface area contributed by atoms with Crippen molar-refractivity contribution in [1.82, 2.24) is 35.0 Å². The number of alkyl halides is 3. The van der Waals surface area contributed by atoms with E-state index in [1.807, 2.05) is 6.92 Å². The van der Waals surface area contributed by atoms with Crippen molar-refractivity contribution in [3.05, 3.63) is 51.9 Å². The average molecular weight is 500 g/mol. The van der Waals surface area contributed by atoms with Crippen molar-refractivity contribution in [3.8, 4) is 22.8 Å². The van der Waals surface area contributed by atoms with Gasteiger partial charge in [0.1, 0.15) is 11.5 Å². The van der Waals surface area contributed by atoms with Crippen LogP contribution in [0, 0.1) is 6.92 Å². The van der Waals surface area contributed by atoms with E-state index in [4.69, 9.17) is 4.74 Å². The van der Waals surface area contributed by atoms with Gasteiger partial charge in [-0.1, -0.05) is 0 Å². The maximum absolute atomic E-state index is 13.1. The number of H-pyrrole nitrogens is 2. The van der Waals surface area contributed by atoms with Gasteiger partial charge in [0.15, 0.2) is 0 Å². The first-order valence-corrected chi connectivity index (χ1v) is 11.3. The van der Waals surface area contributed by atoms with Crippen molar-refractivity contribution in [1.29, 1.82) is 0 Å². The van der Waals surface area contributed by atoms with Crippen LogP contribution in [0.15, 0.2) is 35.1 Å². The summed E-state index contributed by atoms with van der Waals surface area (Å²) < 4.78 is 44.6. The predicted octanol–water partition coefficient (Wildman–Crippen LogP) is 2.84. The van der Waals surface area contributed by atoms with Crippen molar-refractivity contribution in [2.45, 2.75) is 13.1 Å². The Hall–Kier alpha value is -3.84. The van der Waals surface area contributed by atoms with Crippen LogP contribution >= 0.6 is 0 Å².